The molecule has 0 N–H and O–H groups in total. The van der Waals surface area contributed by atoms with Crippen molar-refractivity contribution >= 4 is 15.7 Å². The van der Waals surface area contributed by atoms with E-state index in [1.807, 2.05) is 0 Å². The number of nitrogens with zero attached hydrogens (tertiary/aromatic N) is 3. The van der Waals surface area contributed by atoms with Crippen LogP contribution >= 0.6 is 0 Å². The van der Waals surface area contributed by atoms with Crippen LogP contribution in [-0.4, -0.2) is 92.9 Å². The van der Waals surface area contributed by atoms with E-state index in [1.165, 1.54) is 38.5 Å². The third kappa shape index (κ3) is 4.74. The topological polar surface area (TPSA) is 60.9 Å². The van der Waals surface area contributed by atoms with Gasteiger partial charge in [0.2, 0.25) is 5.91 Å². The lowest BCUT2D eigenvalue weighted by Crippen LogP contribution is -2.60. The quantitative estimate of drug-likeness (QED) is 0.716. The SMILES string of the molecule is CN(C)C(=O)CN1CCN(CCC2CCCCC2)[C@H]2CS(=O)(=O)C[C@H]21. The fourth-order valence-corrected chi connectivity index (χ4v) is 6.75. The zero-order valence-electron chi connectivity index (χ0n) is 15.7. The first-order chi connectivity index (χ1) is 11.9. The smallest absolute Gasteiger partial charge is 0.236 e. The summed E-state index contributed by atoms with van der Waals surface area (Å²) in [5.41, 5.74) is 0. The van der Waals surface area contributed by atoms with Crippen molar-refractivity contribution in [2.75, 3.05) is 51.8 Å². The molecule has 1 amide bonds. The second-order valence-electron chi connectivity index (χ2n) is 8.30. The van der Waals surface area contributed by atoms with Crippen molar-refractivity contribution in [2.24, 2.45) is 5.92 Å². The molecule has 1 aliphatic carbocycles. The molecule has 7 heteroatoms. The molecule has 0 unspecified atom stereocenters. The Labute approximate surface area is 152 Å². The summed E-state index contributed by atoms with van der Waals surface area (Å²) in [6.45, 7) is 3.02. The Morgan fingerprint density at radius 3 is 2.24 bits per heavy atom. The van der Waals surface area contributed by atoms with Crippen molar-refractivity contribution in [3.63, 3.8) is 0 Å². The van der Waals surface area contributed by atoms with Crippen molar-refractivity contribution in [3.05, 3.63) is 0 Å². The molecule has 2 aliphatic heterocycles. The van der Waals surface area contributed by atoms with Gasteiger partial charge in [-0.25, -0.2) is 8.42 Å². The van der Waals surface area contributed by atoms with Gasteiger partial charge in [-0.15, -0.1) is 0 Å². The van der Waals surface area contributed by atoms with E-state index in [9.17, 15) is 13.2 Å². The lowest BCUT2D eigenvalue weighted by molar-refractivity contribution is -0.131. The highest BCUT2D eigenvalue weighted by molar-refractivity contribution is 7.91. The highest BCUT2D eigenvalue weighted by Crippen LogP contribution is 2.30. The van der Waals surface area contributed by atoms with Gasteiger partial charge in [0.15, 0.2) is 9.84 Å². The number of carbonyl (C=O) groups is 1. The normalized spacial score (nSPS) is 31.0. The minimum Gasteiger partial charge on any atom is -0.348 e. The van der Waals surface area contributed by atoms with Gasteiger partial charge in [0.1, 0.15) is 0 Å². The summed E-state index contributed by atoms with van der Waals surface area (Å²) in [4.78, 5) is 18.2. The van der Waals surface area contributed by atoms with Crippen molar-refractivity contribution in [3.8, 4) is 0 Å². The molecule has 2 saturated heterocycles. The fraction of sp³-hybridized carbons (Fsp3) is 0.944. The average molecular weight is 372 g/mol. The van der Waals surface area contributed by atoms with Gasteiger partial charge in [-0.05, 0) is 18.9 Å². The number of piperazine rings is 1. The van der Waals surface area contributed by atoms with Crippen molar-refractivity contribution in [1.82, 2.24) is 14.7 Å². The number of fused-ring (bicyclic) bond motifs is 1. The standard InChI is InChI=1S/C18H33N3O3S/c1-19(2)18(22)12-21-11-10-20(9-8-15-6-4-3-5-7-15)16-13-25(23,24)14-17(16)21/h15-17H,3-14H2,1-2H3/t16-,17+/m0/s1. The van der Waals surface area contributed by atoms with Crippen LogP contribution in [0.1, 0.15) is 38.5 Å². The minimum atomic E-state index is -3.00. The summed E-state index contributed by atoms with van der Waals surface area (Å²) in [5, 5.41) is 0. The molecule has 2 heterocycles. The molecule has 0 spiro atoms. The van der Waals surface area contributed by atoms with E-state index in [0.29, 0.717) is 6.54 Å². The number of hydrogen-bond donors (Lipinski definition) is 0. The Kier molecular flexibility index (Phi) is 6.06. The van der Waals surface area contributed by atoms with Crippen LogP contribution in [0.4, 0.5) is 0 Å². The Hall–Kier alpha value is -0.660. The Morgan fingerprint density at radius 2 is 1.60 bits per heavy atom. The lowest BCUT2D eigenvalue weighted by atomic mass is 9.86. The van der Waals surface area contributed by atoms with Gasteiger partial charge in [0.25, 0.3) is 0 Å². The van der Waals surface area contributed by atoms with Gasteiger partial charge in [-0.1, -0.05) is 32.1 Å². The largest absolute Gasteiger partial charge is 0.348 e. The highest BCUT2D eigenvalue weighted by atomic mass is 32.2. The molecule has 25 heavy (non-hydrogen) atoms. The number of hydrogen-bond acceptors (Lipinski definition) is 5. The number of amides is 1. The van der Waals surface area contributed by atoms with Gasteiger partial charge in [0, 0.05) is 39.3 Å². The van der Waals surface area contributed by atoms with Crippen LogP contribution in [-0.2, 0) is 14.6 Å². The predicted octanol–water partition coefficient (Wildman–Crippen LogP) is 0.828. The Bertz CT molecular complexity index is 572. The van der Waals surface area contributed by atoms with Gasteiger partial charge < -0.3 is 4.90 Å². The molecule has 3 rings (SSSR count). The predicted molar refractivity (Wildman–Crippen MR) is 99.3 cm³/mol. The fourth-order valence-electron chi connectivity index (χ4n) is 4.71. The van der Waals surface area contributed by atoms with E-state index in [1.54, 1.807) is 19.0 Å². The number of sulfone groups is 1. The van der Waals surface area contributed by atoms with Crippen LogP contribution in [0.5, 0.6) is 0 Å². The molecule has 0 aromatic carbocycles. The van der Waals surface area contributed by atoms with Crippen molar-refractivity contribution in [1.29, 1.82) is 0 Å². The van der Waals surface area contributed by atoms with Crippen LogP contribution in [0.3, 0.4) is 0 Å². The van der Waals surface area contributed by atoms with Gasteiger partial charge >= 0.3 is 0 Å². The van der Waals surface area contributed by atoms with E-state index in [2.05, 4.69) is 9.80 Å². The Morgan fingerprint density at radius 1 is 1.00 bits per heavy atom. The van der Waals surface area contributed by atoms with Crippen LogP contribution in [0, 0.1) is 5.92 Å². The monoisotopic (exact) mass is 371 g/mol. The summed E-state index contributed by atoms with van der Waals surface area (Å²) >= 11 is 0. The summed E-state index contributed by atoms with van der Waals surface area (Å²) in [7, 11) is 0.509. The van der Waals surface area contributed by atoms with E-state index in [4.69, 9.17) is 0 Å². The molecule has 6 nitrogen and oxygen atoms in total. The van der Waals surface area contributed by atoms with Gasteiger partial charge in [-0.2, -0.15) is 0 Å². The van der Waals surface area contributed by atoms with Crippen LogP contribution in [0.15, 0.2) is 0 Å². The highest BCUT2D eigenvalue weighted by Gasteiger charge is 2.46. The molecule has 0 aromatic rings. The molecule has 2 atom stereocenters. The lowest BCUT2D eigenvalue weighted by Gasteiger charge is -2.44. The first kappa shape index (κ1) is 19.1. The summed E-state index contributed by atoms with van der Waals surface area (Å²) < 4.78 is 24.5. The molecular formula is C18H33N3O3S. The number of likely N-dealkylation sites (N-methyl/N-ethyl adjacent to an activating group) is 1. The maximum atomic E-state index is 12.3. The van der Waals surface area contributed by atoms with E-state index in [0.717, 1.165) is 25.6 Å². The second kappa shape index (κ2) is 7.92. The molecule has 0 aromatic heterocycles. The zero-order valence-corrected chi connectivity index (χ0v) is 16.5. The summed E-state index contributed by atoms with van der Waals surface area (Å²) in [6, 6.07) is 0.0475. The Balaban J connectivity index is 1.62. The van der Waals surface area contributed by atoms with Crippen molar-refractivity contribution in [2.45, 2.75) is 50.6 Å². The molecule has 3 aliphatic rings. The zero-order chi connectivity index (χ0) is 18.0. The molecule has 144 valence electrons. The first-order valence-corrected chi connectivity index (χ1v) is 11.6. The van der Waals surface area contributed by atoms with E-state index in [-0.39, 0.29) is 29.5 Å². The molecule has 0 bridgehead atoms. The van der Waals surface area contributed by atoms with Crippen LogP contribution < -0.4 is 0 Å². The van der Waals surface area contributed by atoms with Crippen LogP contribution in [0.25, 0.3) is 0 Å². The summed E-state index contributed by atoms with van der Waals surface area (Å²) in [5.74, 6) is 1.34. The molecular weight excluding hydrogens is 338 g/mol. The third-order valence-corrected chi connectivity index (χ3v) is 7.99. The van der Waals surface area contributed by atoms with Crippen molar-refractivity contribution < 1.29 is 13.2 Å². The number of carbonyl (C=O) groups excluding carboxylic acids is 1. The van der Waals surface area contributed by atoms with Gasteiger partial charge in [-0.3, -0.25) is 14.6 Å². The van der Waals surface area contributed by atoms with E-state index >= 15 is 0 Å². The minimum absolute atomic E-state index is 0.0194. The third-order valence-electron chi connectivity index (χ3n) is 6.29. The molecule has 3 fully saturated rings. The summed E-state index contributed by atoms with van der Waals surface area (Å²) in [6.07, 6.45) is 7.95. The van der Waals surface area contributed by atoms with Crippen LogP contribution in [0.2, 0.25) is 0 Å². The van der Waals surface area contributed by atoms with Gasteiger partial charge in [0.05, 0.1) is 18.1 Å². The maximum Gasteiger partial charge on any atom is 0.236 e. The second-order valence-corrected chi connectivity index (χ2v) is 10.5. The molecule has 0 radical (unpaired) electrons. The first-order valence-electron chi connectivity index (χ1n) is 9.74. The van der Waals surface area contributed by atoms with E-state index < -0.39 is 9.84 Å². The molecule has 1 saturated carbocycles. The maximum absolute atomic E-state index is 12.3. The average Bonchev–Trinajstić information content (AvgIpc) is 2.90. The number of rotatable bonds is 5.